The first-order chi connectivity index (χ1) is 14.2. The molecule has 1 aliphatic heterocycles. The van der Waals surface area contributed by atoms with E-state index < -0.39 is 0 Å². The fraction of sp³-hybridized carbons (Fsp3) is 0.476. The first-order valence-corrected chi connectivity index (χ1v) is 12.3. The number of thioether (sulfide) groups is 1. The van der Waals surface area contributed by atoms with Crippen molar-refractivity contribution in [2.45, 2.75) is 62.1 Å². The van der Waals surface area contributed by atoms with Crippen LogP contribution in [0.2, 0.25) is 5.15 Å². The van der Waals surface area contributed by atoms with Crippen LogP contribution in [-0.4, -0.2) is 27.2 Å². The number of ether oxygens (including phenoxy) is 1. The second-order valence-electron chi connectivity index (χ2n) is 7.58. The molecule has 29 heavy (non-hydrogen) atoms. The summed E-state index contributed by atoms with van der Waals surface area (Å²) < 4.78 is 7.67. The van der Waals surface area contributed by atoms with Gasteiger partial charge in [-0.3, -0.25) is 9.36 Å². The van der Waals surface area contributed by atoms with Crippen LogP contribution in [-0.2, 0) is 29.9 Å². The van der Waals surface area contributed by atoms with E-state index >= 15 is 0 Å². The lowest BCUT2D eigenvalue weighted by molar-refractivity contribution is 0.0937. The lowest BCUT2D eigenvalue weighted by Crippen LogP contribution is -2.29. The topological polar surface area (TPSA) is 57.0 Å². The summed E-state index contributed by atoms with van der Waals surface area (Å²) in [6, 6.07) is 3.85. The molecule has 0 radical (unpaired) electrons. The van der Waals surface area contributed by atoms with Crippen molar-refractivity contribution in [3.05, 3.63) is 49.8 Å². The standard InChI is InChI=1S/C21H22ClN3O2S2/c22-18-13(5-3-9-23-18)12-28-21-24-19-17(15-7-1-2-8-16(15)29-19)20(26)25(21)11-14-6-4-10-27-14/h3,5,9,14H,1-2,4,6-8,10-12H2. The summed E-state index contributed by atoms with van der Waals surface area (Å²) in [5.74, 6) is 0.626. The van der Waals surface area contributed by atoms with Gasteiger partial charge in [0.25, 0.3) is 5.56 Å². The average Bonchev–Trinajstić information content (AvgIpc) is 3.37. The molecule has 2 aliphatic rings. The molecule has 1 aliphatic carbocycles. The van der Waals surface area contributed by atoms with Crippen LogP contribution in [0, 0.1) is 0 Å². The van der Waals surface area contributed by atoms with Gasteiger partial charge < -0.3 is 4.74 Å². The quantitative estimate of drug-likeness (QED) is 0.317. The summed E-state index contributed by atoms with van der Waals surface area (Å²) in [6.07, 6.45) is 8.22. The van der Waals surface area contributed by atoms with Crippen LogP contribution in [0.5, 0.6) is 0 Å². The van der Waals surface area contributed by atoms with E-state index in [2.05, 4.69) is 4.98 Å². The molecule has 3 aromatic rings. The van der Waals surface area contributed by atoms with E-state index in [4.69, 9.17) is 21.3 Å². The zero-order valence-corrected chi connectivity index (χ0v) is 18.4. The second-order valence-corrected chi connectivity index (χ2v) is 9.96. The number of pyridine rings is 1. The van der Waals surface area contributed by atoms with Crippen LogP contribution in [0.4, 0.5) is 0 Å². The smallest absolute Gasteiger partial charge is 0.263 e. The van der Waals surface area contributed by atoms with Gasteiger partial charge in [0.15, 0.2) is 5.16 Å². The number of aryl methyl sites for hydroxylation is 2. The van der Waals surface area contributed by atoms with Crippen molar-refractivity contribution in [2.24, 2.45) is 0 Å². The molecule has 1 atom stereocenters. The summed E-state index contributed by atoms with van der Waals surface area (Å²) in [6.45, 7) is 1.34. The molecule has 0 aromatic carbocycles. The highest BCUT2D eigenvalue weighted by Gasteiger charge is 2.25. The first kappa shape index (κ1) is 19.5. The predicted octanol–water partition coefficient (Wildman–Crippen LogP) is 4.86. The van der Waals surface area contributed by atoms with Crippen molar-refractivity contribution in [1.82, 2.24) is 14.5 Å². The van der Waals surface area contributed by atoms with Crippen molar-refractivity contribution < 1.29 is 4.74 Å². The number of fused-ring (bicyclic) bond motifs is 3. The Kier molecular flexibility index (Phi) is 5.65. The minimum Gasteiger partial charge on any atom is -0.376 e. The van der Waals surface area contributed by atoms with Crippen LogP contribution in [0.1, 0.15) is 41.7 Å². The third-order valence-corrected chi connectivity index (χ3v) is 8.19. The molecule has 8 heteroatoms. The predicted molar refractivity (Wildman–Crippen MR) is 118 cm³/mol. The number of aromatic nitrogens is 3. The van der Waals surface area contributed by atoms with E-state index in [-0.39, 0.29) is 11.7 Å². The summed E-state index contributed by atoms with van der Waals surface area (Å²) >= 11 is 9.48. The summed E-state index contributed by atoms with van der Waals surface area (Å²) in [5.41, 5.74) is 2.27. The minimum atomic E-state index is 0.0859. The molecule has 0 amide bonds. The van der Waals surface area contributed by atoms with E-state index in [0.717, 1.165) is 59.6 Å². The SMILES string of the molecule is O=c1c2c3c(sc2nc(SCc2cccnc2Cl)n1CC1CCCO1)CCCC3. The maximum absolute atomic E-state index is 13.6. The van der Waals surface area contributed by atoms with Gasteiger partial charge in [-0.15, -0.1) is 11.3 Å². The fourth-order valence-electron chi connectivity index (χ4n) is 4.15. The molecule has 0 N–H and O–H groups in total. The van der Waals surface area contributed by atoms with Crippen molar-refractivity contribution in [1.29, 1.82) is 0 Å². The van der Waals surface area contributed by atoms with Crippen LogP contribution in [0.15, 0.2) is 28.3 Å². The number of hydrogen-bond donors (Lipinski definition) is 0. The van der Waals surface area contributed by atoms with Gasteiger partial charge in [-0.1, -0.05) is 29.4 Å². The normalized spacial score (nSPS) is 19.0. The third-order valence-electron chi connectivity index (χ3n) is 5.64. The Hall–Kier alpha value is -1.41. The summed E-state index contributed by atoms with van der Waals surface area (Å²) in [7, 11) is 0. The van der Waals surface area contributed by atoms with Gasteiger partial charge in [-0.05, 0) is 55.7 Å². The van der Waals surface area contributed by atoms with E-state index in [1.807, 2.05) is 16.7 Å². The second kappa shape index (κ2) is 8.38. The van der Waals surface area contributed by atoms with E-state index in [0.29, 0.717) is 17.5 Å². The van der Waals surface area contributed by atoms with E-state index in [1.165, 1.54) is 16.9 Å². The monoisotopic (exact) mass is 447 g/mol. The van der Waals surface area contributed by atoms with Crippen molar-refractivity contribution in [3.8, 4) is 0 Å². The van der Waals surface area contributed by atoms with Crippen LogP contribution >= 0.6 is 34.7 Å². The van der Waals surface area contributed by atoms with Crippen molar-refractivity contribution >= 4 is 44.9 Å². The zero-order valence-electron chi connectivity index (χ0n) is 16.0. The molecule has 0 spiro atoms. The molecule has 3 aromatic heterocycles. The maximum Gasteiger partial charge on any atom is 0.263 e. The molecule has 1 saturated heterocycles. The maximum atomic E-state index is 13.6. The van der Waals surface area contributed by atoms with E-state index in [1.54, 1.807) is 29.3 Å². The summed E-state index contributed by atoms with van der Waals surface area (Å²) in [4.78, 5) is 24.9. The Labute approximate surface area is 182 Å². The minimum absolute atomic E-state index is 0.0859. The molecule has 4 heterocycles. The molecule has 5 nitrogen and oxygen atoms in total. The van der Waals surface area contributed by atoms with Crippen LogP contribution < -0.4 is 5.56 Å². The molecule has 152 valence electrons. The highest BCUT2D eigenvalue weighted by atomic mass is 35.5. The highest BCUT2D eigenvalue weighted by molar-refractivity contribution is 7.98. The number of hydrogen-bond acceptors (Lipinski definition) is 6. The van der Waals surface area contributed by atoms with Crippen molar-refractivity contribution in [3.63, 3.8) is 0 Å². The molecule has 5 rings (SSSR count). The molecule has 1 unspecified atom stereocenters. The number of thiophene rings is 1. The lowest BCUT2D eigenvalue weighted by atomic mass is 9.97. The van der Waals surface area contributed by atoms with Gasteiger partial charge in [0.2, 0.25) is 0 Å². The molecule has 1 fully saturated rings. The Morgan fingerprint density at radius 3 is 3.03 bits per heavy atom. The van der Waals surface area contributed by atoms with E-state index in [9.17, 15) is 4.79 Å². The van der Waals surface area contributed by atoms with Gasteiger partial charge in [-0.25, -0.2) is 9.97 Å². The largest absolute Gasteiger partial charge is 0.376 e. The first-order valence-electron chi connectivity index (χ1n) is 10.1. The van der Waals surface area contributed by atoms with Gasteiger partial charge in [-0.2, -0.15) is 0 Å². The van der Waals surface area contributed by atoms with Crippen molar-refractivity contribution in [2.75, 3.05) is 6.61 Å². The summed E-state index contributed by atoms with van der Waals surface area (Å²) in [5, 5.41) is 2.09. The third kappa shape index (κ3) is 3.85. The molecular formula is C21H22ClN3O2S2. The van der Waals surface area contributed by atoms with Gasteiger partial charge in [0, 0.05) is 23.4 Å². The van der Waals surface area contributed by atoms with Crippen LogP contribution in [0.3, 0.4) is 0 Å². The molecule has 0 saturated carbocycles. The van der Waals surface area contributed by atoms with Gasteiger partial charge in [0.1, 0.15) is 9.98 Å². The molecule has 0 bridgehead atoms. The number of rotatable bonds is 5. The number of halogens is 1. The van der Waals surface area contributed by atoms with Crippen LogP contribution in [0.25, 0.3) is 10.2 Å². The van der Waals surface area contributed by atoms with Gasteiger partial charge >= 0.3 is 0 Å². The fourth-order valence-corrected chi connectivity index (χ4v) is 6.71. The lowest BCUT2D eigenvalue weighted by Gasteiger charge is -2.16. The molecular weight excluding hydrogens is 426 g/mol. The Bertz CT molecular complexity index is 1110. The van der Waals surface area contributed by atoms with Gasteiger partial charge in [0.05, 0.1) is 18.0 Å². The highest BCUT2D eigenvalue weighted by Crippen LogP contribution is 2.35. The average molecular weight is 448 g/mol. The Balaban J connectivity index is 1.56. The zero-order chi connectivity index (χ0) is 19.8. The Morgan fingerprint density at radius 2 is 2.21 bits per heavy atom. The number of nitrogens with zero attached hydrogens (tertiary/aromatic N) is 3. The Morgan fingerprint density at radius 1 is 1.31 bits per heavy atom.